The molecule has 1 rings (SSSR count). The molecule has 1 amide bonds. The highest BCUT2D eigenvalue weighted by Gasteiger charge is 2.20. The maximum Gasteiger partial charge on any atom is 0.340 e. The fraction of sp³-hybridized carbons (Fsp3) is 0.467. The Morgan fingerprint density at radius 3 is 2.76 bits per heavy atom. The molecule has 6 heteroatoms. The van der Waals surface area contributed by atoms with Crippen LogP contribution in [0.2, 0.25) is 5.02 Å². The Balaban J connectivity index is 2.53. The van der Waals surface area contributed by atoms with E-state index in [9.17, 15) is 9.59 Å². The van der Waals surface area contributed by atoms with E-state index in [-0.39, 0.29) is 16.5 Å². The van der Waals surface area contributed by atoms with Gasteiger partial charge in [0.05, 0.1) is 10.6 Å². The lowest BCUT2D eigenvalue weighted by Gasteiger charge is -2.14. The Bertz CT molecular complexity index is 506. The van der Waals surface area contributed by atoms with Crippen molar-refractivity contribution in [3.05, 3.63) is 28.8 Å². The van der Waals surface area contributed by atoms with Crippen molar-refractivity contribution < 1.29 is 14.3 Å². The summed E-state index contributed by atoms with van der Waals surface area (Å²) in [5.74, 6) is -0.983. The molecule has 0 saturated carbocycles. The van der Waals surface area contributed by atoms with Crippen LogP contribution >= 0.6 is 11.6 Å². The van der Waals surface area contributed by atoms with Crippen LogP contribution in [0.15, 0.2) is 18.2 Å². The highest BCUT2D eigenvalue weighted by atomic mass is 35.5. The number of anilines is 1. The van der Waals surface area contributed by atoms with Crippen LogP contribution in [0.3, 0.4) is 0 Å². The summed E-state index contributed by atoms with van der Waals surface area (Å²) in [4.78, 5) is 23.7. The Morgan fingerprint density at radius 1 is 1.38 bits per heavy atom. The quantitative estimate of drug-likeness (QED) is 0.461. The second-order valence-corrected chi connectivity index (χ2v) is 5.19. The average molecular weight is 313 g/mol. The van der Waals surface area contributed by atoms with E-state index < -0.39 is 12.1 Å². The SMILES string of the molecule is CCCCCNC(=O)C(C)OC(=O)c1cc(N)ccc1Cl. The van der Waals surface area contributed by atoms with Gasteiger partial charge in [-0.25, -0.2) is 4.79 Å². The van der Waals surface area contributed by atoms with E-state index in [1.54, 1.807) is 6.07 Å². The van der Waals surface area contributed by atoms with E-state index in [0.717, 1.165) is 19.3 Å². The highest BCUT2D eigenvalue weighted by molar-refractivity contribution is 6.33. The van der Waals surface area contributed by atoms with Gasteiger partial charge in [-0.15, -0.1) is 0 Å². The molecular formula is C15H21ClN2O3. The molecular weight excluding hydrogens is 292 g/mol. The lowest BCUT2D eigenvalue weighted by Crippen LogP contribution is -2.36. The number of halogens is 1. The number of unbranched alkanes of at least 4 members (excludes halogenated alkanes) is 2. The molecule has 0 spiro atoms. The second-order valence-electron chi connectivity index (χ2n) is 4.78. The number of hydrogen-bond acceptors (Lipinski definition) is 4. The van der Waals surface area contributed by atoms with Gasteiger partial charge in [0, 0.05) is 12.2 Å². The minimum atomic E-state index is -0.878. The van der Waals surface area contributed by atoms with Crippen molar-refractivity contribution >= 4 is 29.2 Å². The minimum Gasteiger partial charge on any atom is -0.449 e. The van der Waals surface area contributed by atoms with Gasteiger partial charge in [0.2, 0.25) is 0 Å². The maximum atomic E-state index is 12.0. The van der Waals surface area contributed by atoms with E-state index in [2.05, 4.69) is 12.2 Å². The van der Waals surface area contributed by atoms with E-state index in [1.807, 2.05) is 0 Å². The van der Waals surface area contributed by atoms with Crippen LogP contribution in [-0.4, -0.2) is 24.5 Å². The fourth-order valence-electron chi connectivity index (χ4n) is 1.71. The van der Waals surface area contributed by atoms with Gasteiger partial charge in [-0.05, 0) is 31.5 Å². The summed E-state index contributed by atoms with van der Waals surface area (Å²) in [5, 5.41) is 2.97. The first-order valence-electron chi connectivity index (χ1n) is 6.99. The standard InChI is InChI=1S/C15H21ClN2O3/c1-3-4-5-8-18-14(19)10(2)21-15(20)12-9-11(17)6-7-13(12)16/h6-7,9-10H,3-5,8,17H2,1-2H3,(H,18,19). The molecule has 0 aromatic heterocycles. The normalized spacial score (nSPS) is 11.8. The lowest BCUT2D eigenvalue weighted by molar-refractivity contribution is -0.129. The first-order chi connectivity index (χ1) is 9.95. The monoisotopic (exact) mass is 312 g/mol. The third-order valence-corrected chi connectivity index (χ3v) is 3.27. The number of esters is 1. The topological polar surface area (TPSA) is 81.4 Å². The molecule has 5 nitrogen and oxygen atoms in total. The number of hydrogen-bond donors (Lipinski definition) is 2. The molecule has 3 N–H and O–H groups in total. The summed E-state index contributed by atoms with van der Waals surface area (Å²) in [7, 11) is 0. The van der Waals surface area contributed by atoms with Gasteiger partial charge in [0.15, 0.2) is 6.10 Å². The van der Waals surface area contributed by atoms with E-state index in [0.29, 0.717) is 12.2 Å². The number of carbonyl (C=O) groups excluding carboxylic acids is 2. The van der Waals surface area contributed by atoms with Crippen molar-refractivity contribution in [2.24, 2.45) is 0 Å². The van der Waals surface area contributed by atoms with Crippen LogP contribution in [0, 0.1) is 0 Å². The Kier molecular flexibility index (Phi) is 7.02. The molecule has 0 aliphatic heterocycles. The lowest BCUT2D eigenvalue weighted by atomic mass is 10.2. The zero-order chi connectivity index (χ0) is 15.8. The van der Waals surface area contributed by atoms with Gasteiger partial charge in [-0.1, -0.05) is 31.4 Å². The number of nitrogen functional groups attached to an aromatic ring is 1. The van der Waals surface area contributed by atoms with Crippen LogP contribution in [0.5, 0.6) is 0 Å². The third kappa shape index (κ3) is 5.63. The second kappa shape index (κ2) is 8.52. The summed E-state index contributed by atoms with van der Waals surface area (Å²) in [5.41, 5.74) is 6.16. The molecule has 116 valence electrons. The predicted octanol–water partition coefficient (Wildman–Crippen LogP) is 2.77. The van der Waals surface area contributed by atoms with Crippen LogP contribution in [-0.2, 0) is 9.53 Å². The summed E-state index contributed by atoms with van der Waals surface area (Å²) >= 11 is 5.92. The van der Waals surface area contributed by atoms with Crippen molar-refractivity contribution in [2.45, 2.75) is 39.2 Å². The predicted molar refractivity (Wildman–Crippen MR) is 83.3 cm³/mol. The Labute approximate surface area is 129 Å². The van der Waals surface area contributed by atoms with Gasteiger partial charge in [-0.2, -0.15) is 0 Å². The average Bonchev–Trinajstić information content (AvgIpc) is 2.45. The highest BCUT2D eigenvalue weighted by Crippen LogP contribution is 2.20. The van der Waals surface area contributed by atoms with Crippen LogP contribution in [0.25, 0.3) is 0 Å². The number of nitrogens with one attached hydrogen (secondary N) is 1. The molecule has 1 aromatic carbocycles. The molecule has 0 fully saturated rings. The van der Waals surface area contributed by atoms with Gasteiger partial charge >= 0.3 is 5.97 Å². The van der Waals surface area contributed by atoms with Gasteiger partial charge < -0.3 is 15.8 Å². The molecule has 1 atom stereocenters. The van der Waals surface area contributed by atoms with Crippen molar-refractivity contribution in [3.8, 4) is 0 Å². The molecule has 0 radical (unpaired) electrons. The van der Waals surface area contributed by atoms with E-state index in [4.69, 9.17) is 22.1 Å². The van der Waals surface area contributed by atoms with E-state index >= 15 is 0 Å². The number of carbonyl (C=O) groups is 2. The van der Waals surface area contributed by atoms with Gasteiger partial charge in [-0.3, -0.25) is 4.79 Å². The zero-order valence-corrected chi connectivity index (χ0v) is 13.1. The summed E-state index contributed by atoms with van der Waals surface area (Å²) in [6.45, 7) is 4.18. The first-order valence-corrected chi connectivity index (χ1v) is 7.37. The van der Waals surface area contributed by atoms with Crippen LogP contribution in [0.4, 0.5) is 5.69 Å². The molecule has 0 saturated heterocycles. The summed E-state index contributed by atoms with van der Waals surface area (Å²) in [6.07, 6.45) is 2.16. The smallest absolute Gasteiger partial charge is 0.340 e. The first kappa shape index (κ1) is 17.3. The molecule has 1 aromatic rings. The summed E-state index contributed by atoms with van der Waals surface area (Å²) < 4.78 is 5.10. The third-order valence-electron chi connectivity index (χ3n) is 2.94. The fourth-order valence-corrected chi connectivity index (χ4v) is 1.90. The molecule has 0 bridgehead atoms. The number of ether oxygens (including phenoxy) is 1. The maximum absolute atomic E-state index is 12.0. The van der Waals surface area contributed by atoms with Crippen molar-refractivity contribution in [3.63, 3.8) is 0 Å². The van der Waals surface area contributed by atoms with Gasteiger partial charge in [0.25, 0.3) is 5.91 Å². The molecule has 0 aliphatic rings. The molecule has 1 unspecified atom stereocenters. The minimum absolute atomic E-state index is 0.155. The number of nitrogens with two attached hydrogens (primary N) is 1. The number of benzene rings is 1. The number of rotatable bonds is 7. The van der Waals surface area contributed by atoms with Crippen LogP contribution in [0.1, 0.15) is 43.5 Å². The van der Waals surface area contributed by atoms with Crippen molar-refractivity contribution in [2.75, 3.05) is 12.3 Å². The zero-order valence-electron chi connectivity index (χ0n) is 12.3. The van der Waals surface area contributed by atoms with Crippen molar-refractivity contribution in [1.29, 1.82) is 0 Å². The summed E-state index contributed by atoms with van der Waals surface area (Å²) in [6, 6.07) is 4.53. The molecule has 21 heavy (non-hydrogen) atoms. The largest absolute Gasteiger partial charge is 0.449 e. The molecule has 0 aliphatic carbocycles. The van der Waals surface area contributed by atoms with Gasteiger partial charge in [0.1, 0.15) is 0 Å². The van der Waals surface area contributed by atoms with Crippen molar-refractivity contribution in [1.82, 2.24) is 5.32 Å². The number of amides is 1. The van der Waals surface area contributed by atoms with E-state index in [1.165, 1.54) is 19.1 Å². The van der Waals surface area contributed by atoms with Crippen LogP contribution < -0.4 is 11.1 Å². The Hall–Kier alpha value is -1.75. The molecule has 0 heterocycles. The Morgan fingerprint density at radius 2 is 2.10 bits per heavy atom.